The van der Waals surface area contributed by atoms with Crippen LogP contribution in [0.15, 0.2) is 148 Å². The molecule has 0 fully saturated rings. The maximum atomic E-state index is 8.70. The lowest BCUT2D eigenvalue weighted by molar-refractivity contribution is 1.07. The van der Waals surface area contributed by atoms with E-state index in [1.54, 1.807) is 6.08 Å². The normalized spacial score (nSPS) is 15.3. The number of nitrogens with one attached hydrogen (secondary N) is 2. The molecular formula is C41H28N6S. The monoisotopic (exact) mass is 636 g/mol. The molecule has 1 atom stereocenters. The Balaban J connectivity index is 1.23. The van der Waals surface area contributed by atoms with Gasteiger partial charge in [-0.25, -0.2) is 15.0 Å². The first kappa shape index (κ1) is 28.1. The largest absolute Gasteiger partial charge is 0.399 e. The SMILES string of the molecule is N=C1C=Cc2ccc3ccc(-c4nc(-c5ccccc5)nc(-c5ccc6c(c5)[SH](c5cccc(N)c5)c5ccccc5-6)n4)cc3c2C1=N. The van der Waals surface area contributed by atoms with Crippen molar-refractivity contribution in [1.29, 1.82) is 10.8 Å². The molecular weight excluding hydrogens is 609 g/mol. The van der Waals surface area contributed by atoms with Crippen molar-refractivity contribution >= 4 is 44.9 Å². The molecule has 228 valence electrons. The van der Waals surface area contributed by atoms with Crippen molar-refractivity contribution in [1.82, 2.24) is 15.0 Å². The van der Waals surface area contributed by atoms with E-state index in [4.69, 9.17) is 31.5 Å². The van der Waals surface area contributed by atoms with Crippen LogP contribution >= 0.6 is 10.9 Å². The van der Waals surface area contributed by atoms with Crippen LogP contribution in [-0.4, -0.2) is 26.4 Å². The topological polar surface area (TPSA) is 112 Å². The molecule has 0 radical (unpaired) electrons. The number of allylic oxidation sites excluding steroid dienone is 1. The van der Waals surface area contributed by atoms with Crippen molar-refractivity contribution in [3.05, 3.63) is 145 Å². The standard InChI is InChI=1S/C41H28N6S/c42-29-9-6-10-30(23-29)48-35-12-5-4-11-31(35)32-19-17-28(22-36(32)48)41-46-39(26-7-2-1-3-8-26)45-40(47-41)27-16-14-24-13-15-25-18-20-34(43)38(44)37(25)33(24)21-27/h1-23,43-44,48H,42H2. The molecule has 2 aliphatic rings. The van der Waals surface area contributed by atoms with E-state index in [1.807, 2.05) is 72.8 Å². The molecule has 0 spiro atoms. The molecule has 7 heteroatoms. The number of fused-ring (bicyclic) bond motifs is 6. The zero-order valence-electron chi connectivity index (χ0n) is 25.6. The van der Waals surface area contributed by atoms with Gasteiger partial charge in [0, 0.05) is 37.7 Å². The van der Waals surface area contributed by atoms with Gasteiger partial charge in [0.05, 0.1) is 11.4 Å². The molecule has 0 amide bonds. The van der Waals surface area contributed by atoms with Crippen LogP contribution in [0.3, 0.4) is 0 Å². The van der Waals surface area contributed by atoms with Crippen molar-refractivity contribution in [2.75, 3.05) is 5.73 Å². The summed E-state index contributed by atoms with van der Waals surface area (Å²) < 4.78 is 0. The van der Waals surface area contributed by atoms with E-state index in [0.29, 0.717) is 17.5 Å². The highest BCUT2D eigenvalue weighted by atomic mass is 32.2. The Hall–Kier alpha value is -6.18. The second-order valence-corrected chi connectivity index (χ2v) is 14.1. The number of nitrogen functional groups attached to an aromatic ring is 1. The third kappa shape index (κ3) is 4.55. The fourth-order valence-corrected chi connectivity index (χ4v) is 9.39. The number of benzene rings is 6. The van der Waals surface area contributed by atoms with Crippen LogP contribution in [0.1, 0.15) is 11.1 Å². The molecule has 1 aromatic heterocycles. The Morgan fingerprint density at radius 3 is 2.04 bits per heavy atom. The molecule has 48 heavy (non-hydrogen) atoms. The van der Waals surface area contributed by atoms with Gasteiger partial charge in [0.15, 0.2) is 17.5 Å². The smallest absolute Gasteiger partial charge is 0.164 e. The van der Waals surface area contributed by atoms with E-state index in [1.165, 1.54) is 25.8 Å². The van der Waals surface area contributed by atoms with Crippen LogP contribution < -0.4 is 5.73 Å². The molecule has 0 bridgehead atoms. The van der Waals surface area contributed by atoms with E-state index in [0.717, 1.165) is 44.3 Å². The van der Waals surface area contributed by atoms with Crippen LogP contribution in [0, 0.1) is 10.8 Å². The van der Waals surface area contributed by atoms with Crippen molar-refractivity contribution in [3.63, 3.8) is 0 Å². The minimum atomic E-state index is -0.825. The second kappa shape index (κ2) is 11.0. The van der Waals surface area contributed by atoms with Gasteiger partial charge in [-0.05, 0) is 74.8 Å². The summed E-state index contributed by atoms with van der Waals surface area (Å²) in [6.45, 7) is 0. The molecule has 1 aliphatic heterocycles. The van der Waals surface area contributed by atoms with Gasteiger partial charge in [-0.1, -0.05) is 97.1 Å². The number of rotatable bonds is 4. The third-order valence-electron chi connectivity index (χ3n) is 8.99. The molecule has 0 saturated carbocycles. The van der Waals surface area contributed by atoms with Gasteiger partial charge >= 0.3 is 0 Å². The molecule has 9 rings (SSSR count). The van der Waals surface area contributed by atoms with Crippen LogP contribution in [-0.2, 0) is 0 Å². The number of hydrogen-bond acceptors (Lipinski definition) is 6. The quantitative estimate of drug-likeness (QED) is 0.114. The highest BCUT2D eigenvalue weighted by Crippen LogP contribution is 2.63. The molecule has 1 aliphatic carbocycles. The summed E-state index contributed by atoms with van der Waals surface area (Å²) in [6, 6.07) is 43.6. The third-order valence-corrected chi connectivity index (χ3v) is 11.5. The molecule has 1 unspecified atom stereocenters. The van der Waals surface area contributed by atoms with Crippen LogP contribution in [0.25, 0.3) is 62.1 Å². The molecule has 6 aromatic carbocycles. The van der Waals surface area contributed by atoms with Crippen LogP contribution in [0.5, 0.6) is 0 Å². The summed E-state index contributed by atoms with van der Waals surface area (Å²) in [4.78, 5) is 18.9. The van der Waals surface area contributed by atoms with E-state index in [9.17, 15) is 0 Å². The summed E-state index contributed by atoms with van der Waals surface area (Å²) in [5.74, 6) is 1.73. The van der Waals surface area contributed by atoms with Gasteiger partial charge in [0.25, 0.3) is 0 Å². The highest BCUT2D eigenvalue weighted by Gasteiger charge is 2.28. The first-order chi connectivity index (χ1) is 23.5. The lowest BCUT2D eigenvalue weighted by Crippen LogP contribution is -2.16. The Morgan fingerprint density at radius 2 is 1.23 bits per heavy atom. The fourth-order valence-electron chi connectivity index (χ4n) is 6.69. The van der Waals surface area contributed by atoms with Gasteiger partial charge in [-0.3, -0.25) is 10.8 Å². The summed E-state index contributed by atoms with van der Waals surface area (Å²) in [5.41, 5.74) is 14.2. The van der Waals surface area contributed by atoms with Crippen molar-refractivity contribution in [3.8, 4) is 45.3 Å². The van der Waals surface area contributed by atoms with Crippen molar-refractivity contribution in [2.45, 2.75) is 14.7 Å². The molecule has 4 N–H and O–H groups in total. The molecule has 7 aromatic rings. The Morgan fingerprint density at radius 1 is 0.542 bits per heavy atom. The number of nitrogens with two attached hydrogens (primary N) is 1. The van der Waals surface area contributed by atoms with E-state index < -0.39 is 10.9 Å². The average Bonchev–Trinajstić information content (AvgIpc) is 3.46. The van der Waals surface area contributed by atoms with Crippen molar-refractivity contribution in [2.24, 2.45) is 0 Å². The van der Waals surface area contributed by atoms with Crippen LogP contribution in [0.2, 0.25) is 0 Å². The number of nitrogens with zero attached hydrogens (tertiary/aromatic N) is 3. The van der Waals surface area contributed by atoms with Crippen LogP contribution in [0.4, 0.5) is 5.69 Å². The lowest BCUT2D eigenvalue weighted by atomic mass is 9.89. The maximum Gasteiger partial charge on any atom is 0.164 e. The molecule has 0 saturated heterocycles. The van der Waals surface area contributed by atoms with E-state index in [-0.39, 0.29) is 11.4 Å². The predicted octanol–water partition coefficient (Wildman–Crippen LogP) is 9.48. The molecule has 2 heterocycles. The predicted molar refractivity (Wildman–Crippen MR) is 197 cm³/mol. The summed E-state index contributed by atoms with van der Waals surface area (Å²) in [6.07, 6.45) is 3.58. The van der Waals surface area contributed by atoms with Gasteiger partial charge in [-0.15, -0.1) is 0 Å². The maximum absolute atomic E-state index is 8.70. The Bertz CT molecular complexity index is 2520. The average molecular weight is 637 g/mol. The molecule has 6 nitrogen and oxygen atoms in total. The number of aromatic nitrogens is 3. The first-order valence-corrected chi connectivity index (χ1v) is 17.0. The van der Waals surface area contributed by atoms with Gasteiger partial charge in [-0.2, -0.15) is 10.9 Å². The van der Waals surface area contributed by atoms with Gasteiger partial charge in [0.1, 0.15) is 0 Å². The lowest BCUT2D eigenvalue weighted by Gasteiger charge is -2.20. The highest BCUT2D eigenvalue weighted by molar-refractivity contribution is 8.17. The second-order valence-electron chi connectivity index (χ2n) is 11.9. The van der Waals surface area contributed by atoms with Gasteiger partial charge < -0.3 is 5.73 Å². The summed E-state index contributed by atoms with van der Waals surface area (Å²) in [5, 5.41) is 18.9. The number of hydrogen-bond donors (Lipinski definition) is 4. The summed E-state index contributed by atoms with van der Waals surface area (Å²) >= 11 is 0. The number of anilines is 1. The summed E-state index contributed by atoms with van der Waals surface area (Å²) in [7, 11) is -0.825. The fraction of sp³-hybridized carbons (Fsp3) is 0. The Labute approximate surface area is 280 Å². The van der Waals surface area contributed by atoms with E-state index in [2.05, 4.69) is 60.7 Å². The van der Waals surface area contributed by atoms with E-state index >= 15 is 0 Å². The number of thiol groups is 1. The van der Waals surface area contributed by atoms with Crippen molar-refractivity contribution < 1.29 is 0 Å². The van der Waals surface area contributed by atoms with Gasteiger partial charge in [0.2, 0.25) is 0 Å². The minimum absolute atomic E-state index is 0.200. The first-order valence-electron chi connectivity index (χ1n) is 15.7. The zero-order valence-corrected chi connectivity index (χ0v) is 26.5. The minimum Gasteiger partial charge on any atom is -0.399 e. The zero-order chi connectivity index (χ0) is 32.4. The Kier molecular flexibility index (Phi) is 6.42.